The summed E-state index contributed by atoms with van der Waals surface area (Å²) in [5.74, 6) is 1.30. The zero-order valence-electron chi connectivity index (χ0n) is 17.4. The molecule has 0 aliphatic carbocycles. The molecule has 0 spiro atoms. The average molecular weight is 402 g/mol. The van der Waals surface area contributed by atoms with E-state index in [0.29, 0.717) is 6.42 Å². The third-order valence-corrected chi connectivity index (χ3v) is 6.33. The lowest BCUT2D eigenvalue weighted by molar-refractivity contribution is -0.131. The first-order valence-corrected chi connectivity index (χ1v) is 10.8. The molecule has 30 heavy (non-hydrogen) atoms. The third-order valence-electron chi connectivity index (χ3n) is 6.33. The van der Waals surface area contributed by atoms with E-state index in [1.807, 2.05) is 11.8 Å². The summed E-state index contributed by atoms with van der Waals surface area (Å²) in [7, 11) is 0. The van der Waals surface area contributed by atoms with Crippen molar-refractivity contribution in [3.05, 3.63) is 60.0 Å². The van der Waals surface area contributed by atoms with Gasteiger partial charge in [0.1, 0.15) is 12.1 Å². The lowest BCUT2D eigenvalue weighted by Crippen LogP contribution is -2.49. The van der Waals surface area contributed by atoms with Gasteiger partial charge in [0, 0.05) is 55.8 Å². The maximum Gasteiger partial charge on any atom is 0.222 e. The number of carbonyl (C=O) groups is 1. The van der Waals surface area contributed by atoms with Gasteiger partial charge in [-0.15, -0.1) is 0 Å². The fourth-order valence-corrected chi connectivity index (χ4v) is 4.69. The van der Waals surface area contributed by atoms with E-state index in [2.05, 4.69) is 62.2 Å². The van der Waals surface area contributed by atoms with Crippen molar-refractivity contribution in [2.45, 2.75) is 26.3 Å². The second-order valence-electron chi connectivity index (χ2n) is 8.01. The molecule has 1 aromatic heterocycles. The number of nitrogens with zero attached hydrogens (tertiary/aromatic N) is 5. The minimum absolute atomic E-state index is 0.241. The Bertz CT molecular complexity index is 1070. The minimum atomic E-state index is 0.241. The molecule has 2 aromatic carbocycles. The first-order valence-electron chi connectivity index (χ1n) is 10.8. The number of amides is 1. The first-order chi connectivity index (χ1) is 14.7. The van der Waals surface area contributed by atoms with Crippen molar-refractivity contribution in [3.63, 3.8) is 0 Å². The van der Waals surface area contributed by atoms with Crippen LogP contribution in [0.3, 0.4) is 0 Å². The van der Waals surface area contributed by atoms with Crippen LogP contribution in [0.2, 0.25) is 0 Å². The topological polar surface area (TPSA) is 52.6 Å². The summed E-state index contributed by atoms with van der Waals surface area (Å²) in [6, 6.07) is 15.1. The normalized spacial score (nSPS) is 16.6. The van der Waals surface area contributed by atoms with E-state index < -0.39 is 0 Å². The predicted molar refractivity (Wildman–Crippen MR) is 120 cm³/mol. The molecule has 0 bridgehead atoms. The highest BCUT2D eigenvalue weighted by atomic mass is 16.2. The number of fused-ring (bicyclic) bond motifs is 2. The number of rotatable bonds is 3. The zero-order chi connectivity index (χ0) is 20.5. The summed E-state index contributed by atoms with van der Waals surface area (Å²) in [4.78, 5) is 28.0. The Labute approximate surface area is 177 Å². The molecule has 3 aromatic rings. The van der Waals surface area contributed by atoms with Crippen LogP contribution in [0.5, 0.6) is 0 Å². The van der Waals surface area contributed by atoms with E-state index in [-0.39, 0.29) is 5.91 Å². The SMILES string of the molecule is CCC(=O)N1CCN(c2ncnc3c2CCN(c2cccc4ccccc24)C3)CC1. The lowest BCUT2D eigenvalue weighted by Gasteiger charge is -2.38. The van der Waals surface area contributed by atoms with Crippen LogP contribution in [0.1, 0.15) is 24.6 Å². The molecular weight excluding hydrogens is 374 g/mol. The summed E-state index contributed by atoms with van der Waals surface area (Å²) >= 11 is 0. The van der Waals surface area contributed by atoms with Gasteiger partial charge in [0.25, 0.3) is 0 Å². The predicted octanol–water partition coefficient (Wildman–Crippen LogP) is 3.25. The molecule has 2 aliphatic rings. The van der Waals surface area contributed by atoms with Gasteiger partial charge in [-0.25, -0.2) is 9.97 Å². The molecular formula is C24H27N5O. The average Bonchev–Trinajstić information content (AvgIpc) is 2.82. The highest BCUT2D eigenvalue weighted by Crippen LogP contribution is 2.32. The van der Waals surface area contributed by atoms with Gasteiger partial charge in [-0.05, 0) is 17.9 Å². The Morgan fingerprint density at radius 2 is 1.73 bits per heavy atom. The molecule has 0 atom stereocenters. The Hall–Kier alpha value is -3.15. The summed E-state index contributed by atoms with van der Waals surface area (Å²) in [5, 5.41) is 2.55. The lowest BCUT2D eigenvalue weighted by atomic mass is 10.0. The number of hydrogen-bond acceptors (Lipinski definition) is 5. The van der Waals surface area contributed by atoms with Crippen molar-refractivity contribution in [1.29, 1.82) is 0 Å². The van der Waals surface area contributed by atoms with Gasteiger partial charge in [-0.2, -0.15) is 0 Å². The number of piperazine rings is 1. The van der Waals surface area contributed by atoms with Gasteiger partial charge in [-0.1, -0.05) is 43.3 Å². The van der Waals surface area contributed by atoms with Gasteiger partial charge in [0.2, 0.25) is 5.91 Å². The van der Waals surface area contributed by atoms with E-state index >= 15 is 0 Å². The molecule has 6 nitrogen and oxygen atoms in total. The van der Waals surface area contributed by atoms with Crippen LogP contribution in [0.25, 0.3) is 10.8 Å². The molecule has 1 saturated heterocycles. The van der Waals surface area contributed by atoms with Crippen LogP contribution >= 0.6 is 0 Å². The van der Waals surface area contributed by atoms with E-state index in [9.17, 15) is 4.79 Å². The van der Waals surface area contributed by atoms with Crippen molar-refractivity contribution < 1.29 is 4.79 Å². The molecule has 5 rings (SSSR count). The summed E-state index contributed by atoms with van der Waals surface area (Å²) in [6.07, 6.45) is 3.21. The Balaban J connectivity index is 1.38. The maximum absolute atomic E-state index is 12.0. The van der Waals surface area contributed by atoms with E-state index in [1.54, 1.807) is 6.33 Å². The van der Waals surface area contributed by atoms with E-state index in [0.717, 1.165) is 57.2 Å². The third kappa shape index (κ3) is 3.36. The van der Waals surface area contributed by atoms with Crippen molar-refractivity contribution in [2.75, 3.05) is 42.5 Å². The van der Waals surface area contributed by atoms with Crippen molar-refractivity contribution in [1.82, 2.24) is 14.9 Å². The molecule has 0 unspecified atom stereocenters. The van der Waals surface area contributed by atoms with Gasteiger partial charge in [0.15, 0.2) is 0 Å². The summed E-state index contributed by atoms with van der Waals surface area (Å²) in [5.41, 5.74) is 3.65. The van der Waals surface area contributed by atoms with Crippen LogP contribution in [-0.4, -0.2) is 53.5 Å². The number of carbonyl (C=O) groups excluding carboxylic acids is 1. The standard InChI is InChI=1S/C24H27N5O/c1-2-23(30)27-12-14-28(15-13-27)24-20-10-11-29(16-21(20)25-17-26-24)22-9-5-7-18-6-3-4-8-19(18)22/h3-9,17H,2,10-16H2,1H3. The number of aromatic nitrogens is 2. The second kappa shape index (κ2) is 7.94. The second-order valence-corrected chi connectivity index (χ2v) is 8.01. The highest BCUT2D eigenvalue weighted by Gasteiger charge is 2.27. The van der Waals surface area contributed by atoms with Crippen molar-refractivity contribution in [3.8, 4) is 0 Å². The largest absolute Gasteiger partial charge is 0.365 e. The molecule has 1 amide bonds. The Morgan fingerprint density at radius 1 is 0.933 bits per heavy atom. The molecule has 1 fully saturated rings. The molecule has 0 radical (unpaired) electrons. The molecule has 2 aliphatic heterocycles. The van der Waals surface area contributed by atoms with Gasteiger partial charge in [-0.3, -0.25) is 4.79 Å². The quantitative estimate of drug-likeness (QED) is 0.674. The number of benzene rings is 2. The monoisotopic (exact) mass is 401 g/mol. The van der Waals surface area contributed by atoms with Crippen molar-refractivity contribution in [2.24, 2.45) is 0 Å². The number of hydrogen-bond donors (Lipinski definition) is 0. The van der Waals surface area contributed by atoms with E-state index in [1.165, 1.54) is 22.0 Å². The molecule has 0 saturated carbocycles. The highest BCUT2D eigenvalue weighted by molar-refractivity contribution is 5.94. The van der Waals surface area contributed by atoms with Gasteiger partial charge in [0.05, 0.1) is 12.2 Å². The van der Waals surface area contributed by atoms with Gasteiger partial charge < -0.3 is 14.7 Å². The Kier molecular flexibility index (Phi) is 4.99. The van der Waals surface area contributed by atoms with Crippen LogP contribution < -0.4 is 9.80 Å². The molecule has 0 N–H and O–H groups in total. The fraction of sp³-hybridized carbons (Fsp3) is 0.375. The van der Waals surface area contributed by atoms with Crippen LogP contribution in [-0.2, 0) is 17.8 Å². The minimum Gasteiger partial charge on any atom is -0.365 e. The zero-order valence-corrected chi connectivity index (χ0v) is 17.4. The van der Waals surface area contributed by atoms with Gasteiger partial charge >= 0.3 is 0 Å². The Morgan fingerprint density at radius 3 is 2.57 bits per heavy atom. The maximum atomic E-state index is 12.0. The van der Waals surface area contributed by atoms with E-state index in [4.69, 9.17) is 0 Å². The summed E-state index contributed by atoms with van der Waals surface area (Å²) < 4.78 is 0. The first kappa shape index (κ1) is 18.9. The van der Waals surface area contributed by atoms with Crippen LogP contribution in [0.15, 0.2) is 48.8 Å². The molecule has 6 heteroatoms. The van der Waals surface area contributed by atoms with Crippen molar-refractivity contribution >= 4 is 28.2 Å². The molecule has 3 heterocycles. The summed E-state index contributed by atoms with van der Waals surface area (Å²) in [6.45, 7) is 6.89. The fourth-order valence-electron chi connectivity index (χ4n) is 4.69. The smallest absolute Gasteiger partial charge is 0.222 e. The number of anilines is 2. The molecule has 154 valence electrons. The van der Waals surface area contributed by atoms with Crippen LogP contribution in [0.4, 0.5) is 11.5 Å². The van der Waals surface area contributed by atoms with Crippen LogP contribution in [0, 0.1) is 0 Å².